The van der Waals surface area contributed by atoms with Crippen LogP contribution in [-0.2, 0) is 4.79 Å². The number of carbonyl (C=O) groups excluding carboxylic acids is 1. The van der Waals surface area contributed by atoms with Gasteiger partial charge in [-0.2, -0.15) is 0 Å². The van der Waals surface area contributed by atoms with Crippen LogP contribution in [0.25, 0.3) is 0 Å². The van der Waals surface area contributed by atoms with Crippen LogP contribution in [0.4, 0.5) is 0 Å². The van der Waals surface area contributed by atoms with E-state index in [0.717, 1.165) is 10.4 Å². The fraction of sp³-hybridized carbons (Fsp3) is 0.353. The minimum atomic E-state index is -0.462. The van der Waals surface area contributed by atoms with Gasteiger partial charge in [-0.15, -0.1) is 11.3 Å². The Labute approximate surface area is 130 Å². The van der Waals surface area contributed by atoms with Gasteiger partial charge >= 0.3 is 0 Å². The highest BCUT2D eigenvalue weighted by Gasteiger charge is 2.21. The molecule has 1 unspecified atom stereocenters. The minimum absolute atomic E-state index is 0.0917. The second-order valence-corrected chi connectivity index (χ2v) is 6.58. The summed E-state index contributed by atoms with van der Waals surface area (Å²) in [5.74, 6) is 0.314. The van der Waals surface area contributed by atoms with Gasteiger partial charge in [0.2, 0.25) is 5.91 Å². The summed E-state index contributed by atoms with van der Waals surface area (Å²) in [6.45, 7) is 4.14. The second kappa shape index (κ2) is 7.38. The van der Waals surface area contributed by atoms with Crippen LogP contribution >= 0.6 is 11.3 Å². The average Bonchev–Trinajstić information content (AvgIpc) is 2.98. The highest BCUT2D eigenvalue weighted by molar-refractivity contribution is 7.10. The van der Waals surface area contributed by atoms with Crippen LogP contribution in [-0.4, -0.2) is 11.9 Å². The van der Waals surface area contributed by atoms with Crippen molar-refractivity contribution in [2.45, 2.75) is 32.4 Å². The first-order valence-electron chi connectivity index (χ1n) is 7.22. The van der Waals surface area contributed by atoms with Crippen molar-refractivity contribution in [3.05, 3.63) is 58.3 Å². The van der Waals surface area contributed by atoms with Gasteiger partial charge < -0.3 is 11.1 Å². The zero-order chi connectivity index (χ0) is 15.2. The molecule has 1 aromatic heterocycles. The van der Waals surface area contributed by atoms with Gasteiger partial charge in [0.05, 0.1) is 12.1 Å². The van der Waals surface area contributed by atoms with Gasteiger partial charge in [-0.25, -0.2) is 0 Å². The van der Waals surface area contributed by atoms with E-state index in [4.69, 9.17) is 5.73 Å². The first kappa shape index (κ1) is 15.7. The number of amides is 1. The van der Waals surface area contributed by atoms with E-state index in [1.165, 1.54) is 0 Å². The Hall–Kier alpha value is -1.65. The quantitative estimate of drug-likeness (QED) is 0.860. The predicted molar refractivity (Wildman–Crippen MR) is 88.2 cm³/mol. The molecule has 0 aliphatic heterocycles. The number of rotatable bonds is 6. The summed E-state index contributed by atoms with van der Waals surface area (Å²) in [4.78, 5) is 13.4. The summed E-state index contributed by atoms with van der Waals surface area (Å²) in [6, 6.07) is 13.4. The lowest BCUT2D eigenvalue weighted by molar-refractivity contribution is -0.123. The summed E-state index contributed by atoms with van der Waals surface area (Å²) in [6.07, 6.45) is 0.692. The fourth-order valence-corrected chi connectivity index (χ4v) is 3.09. The molecule has 0 aliphatic carbocycles. The van der Waals surface area contributed by atoms with Crippen LogP contribution < -0.4 is 11.1 Å². The smallest absolute Gasteiger partial charge is 0.237 e. The lowest BCUT2D eigenvalue weighted by atomic mass is 10.0. The van der Waals surface area contributed by atoms with E-state index in [1.54, 1.807) is 11.3 Å². The molecule has 2 atom stereocenters. The lowest BCUT2D eigenvalue weighted by Crippen LogP contribution is -2.43. The molecule has 0 saturated heterocycles. The Balaban J connectivity index is 2.16. The number of thiophene rings is 1. The van der Waals surface area contributed by atoms with Gasteiger partial charge in [0.1, 0.15) is 0 Å². The van der Waals surface area contributed by atoms with Crippen molar-refractivity contribution in [2.24, 2.45) is 11.7 Å². The molecule has 2 rings (SSSR count). The monoisotopic (exact) mass is 302 g/mol. The van der Waals surface area contributed by atoms with Crippen LogP contribution in [0.3, 0.4) is 0 Å². The first-order chi connectivity index (χ1) is 10.1. The molecule has 0 radical (unpaired) electrons. The Bertz CT molecular complexity index is 551. The van der Waals surface area contributed by atoms with Gasteiger partial charge in [-0.05, 0) is 29.3 Å². The maximum atomic E-state index is 12.3. The van der Waals surface area contributed by atoms with Crippen LogP contribution in [0.1, 0.15) is 36.8 Å². The maximum Gasteiger partial charge on any atom is 0.237 e. The molecule has 0 spiro atoms. The average molecular weight is 302 g/mol. The maximum absolute atomic E-state index is 12.3. The molecule has 4 heteroatoms. The SMILES string of the molecule is CC(C)C[C@H](N)C(=O)NC(c1ccccc1)c1cccs1. The van der Waals surface area contributed by atoms with Gasteiger partial charge in [0.15, 0.2) is 0 Å². The number of nitrogens with two attached hydrogens (primary N) is 1. The summed E-state index contributed by atoms with van der Waals surface area (Å²) in [7, 11) is 0. The third kappa shape index (κ3) is 4.41. The Morgan fingerprint density at radius 3 is 2.48 bits per heavy atom. The molecule has 2 aromatic rings. The van der Waals surface area contributed by atoms with Gasteiger partial charge in [0.25, 0.3) is 0 Å². The molecular formula is C17H22N2OS. The van der Waals surface area contributed by atoms with Crippen molar-refractivity contribution in [1.82, 2.24) is 5.32 Å². The Morgan fingerprint density at radius 1 is 1.19 bits per heavy atom. The van der Waals surface area contributed by atoms with E-state index in [-0.39, 0.29) is 11.9 Å². The molecule has 3 nitrogen and oxygen atoms in total. The summed E-state index contributed by atoms with van der Waals surface area (Å²) in [5.41, 5.74) is 7.06. The van der Waals surface area contributed by atoms with Crippen molar-refractivity contribution in [2.75, 3.05) is 0 Å². The molecule has 0 saturated carbocycles. The van der Waals surface area contributed by atoms with Gasteiger partial charge in [0, 0.05) is 4.88 Å². The van der Waals surface area contributed by atoms with Crippen molar-refractivity contribution in [3.63, 3.8) is 0 Å². The van der Waals surface area contributed by atoms with Crippen molar-refractivity contribution >= 4 is 17.2 Å². The molecule has 0 aliphatic rings. The highest BCUT2D eigenvalue weighted by Crippen LogP contribution is 2.26. The number of hydrogen-bond acceptors (Lipinski definition) is 3. The molecule has 0 fully saturated rings. The number of hydrogen-bond donors (Lipinski definition) is 2. The highest BCUT2D eigenvalue weighted by atomic mass is 32.1. The third-order valence-corrected chi connectivity index (χ3v) is 4.25. The van der Waals surface area contributed by atoms with E-state index in [2.05, 4.69) is 19.2 Å². The first-order valence-corrected chi connectivity index (χ1v) is 8.10. The molecule has 0 bridgehead atoms. The lowest BCUT2D eigenvalue weighted by Gasteiger charge is -2.21. The number of benzene rings is 1. The van der Waals surface area contributed by atoms with Crippen LogP contribution in [0.15, 0.2) is 47.8 Å². The molecule has 1 aromatic carbocycles. The van der Waals surface area contributed by atoms with E-state index in [1.807, 2.05) is 47.8 Å². The standard InChI is InChI=1S/C17H22N2OS/c1-12(2)11-14(18)17(20)19-16(15-9-6-10-21-15)13-7-4-3-5-8-13/h3-10,12,14,16H,11,18H2,1-2H3,(H,19,20)/t14-,16?/m0/s1. The molecule has 112 valence electrons. The van der Waals surface area contributed by atoms with Crippen LogP contribution in [0, 0.1) is 5.92 Å². The topological polar surface area (TPSA) is 55.1 Å². The van der Waals surface area contributed by atoms with E-state index < -0.39 is 6.04 Å². The molecule has 21 heavy (non-hydrogen) atoms. The van der Waals surface area contributed by atoms with E-state index in [0.29, 0.717) is 12.3 Å². The zero-order valence-corrected chi connectivity index (χ0v) is 13.3. The molecule has 3 N–H and O–H groups in total. The molecule has 1 amide bonds. The predicted octanol–water partition coefficient (Wildman–Crippen LogP) is 3.33. The van der Waals surface area contributed by atoms with Crippen molar-refractivity contribution < 1.29 is 4.79 Å². The Kier molecular flexibility index (Phi) is 5.53. The summed E-state index contributed by atoms with van der Waals surface area (Å²) in [5, 5.41) is 5.11. The minimum Gasteiger partial charge on any atom is -0.343 e. The largest absolute Gasteiger partial charge is 0.343 e. The molecular weight excluding hydrogens is 280 g/mol. The normalized spacial score (nSPS) is 13.9. The second-order valence-electron chi connectivity index (χ2n) is 5.60. The van der Waals surface area contributed by atoms with Crippen LogP contribution in [0.2, 0.25) is 0 Å². The fourth-order valence-electron chi connectivity index (χ4n) is 2.28. The van der Waals surface area contributed by atoms with E-state index >= 15 is 0 Å². The summed E-state index contributed by atoms with van der Waals surface area (Å²) < 4.78 is 0. The van der Waals surface area contributed by atoms with E-state index in [9.17, 15) is 4.79 Å². The third-order valence-electron chi connectivity index (χ3n) is 3.31. The van der Waals surface area contributed by atoms with Crippen LogP contribution in [0.5, 0.6) is 0 Å². The van der Waals surface area contributed by atoms with Gasteiger partial charge in [-0.1, -0.05) is 50.2 Å². The Morgan fingerprint density at radius 2 is 1.90 bits per heavy atom. The molecule has 1 heterocycles. The summed E-state index contributed by atoms with van der Waals surface area (Å²) >= 11 is 1.64. The van der Waals surface area contributed by atoms with Crippen molar-refractivity contribution in [3.8, 4) is 0 Å². The zero-order valence-electron chi connectivity index (χ0n) is 12.5. The number of carbonyl (C=O) groups is 1. The van der Waals surface area contributed by atoms with Crippen molar-refractivity contribution in [1.29, 1.82) is 0 Å². The van der Waals surface area contributed by atoms with Gasteiger partial charge in [-0.3, -0.25) is 4.79 Å². The number of nitrogens with one attached hydrogen (secondary N) is 1.